The van der Waals surface area contributed by atoms with E-state index < -0.39 is 22.5 Å². The van der Waals surface area contributed by atoms with Crippen LogP contribution in [0.2, 0.25) is 10.0 Å². The van der Waals surface area contributed by atoms with Crippen molar-refractivity contribution in [1.29, 1.82) is 0 Å². The van der Waals surface area contributed by atoms with E-state index in [0.29, 0.717) is 33.7 Å². The lowest BCUT2D eigenvalue weighted by atomic mass is 10.2. The molecule has 0 heterocycles. The SMILES string of the molecule is CCOc1ccc(N(CC(=O)N/N=C\c2c(Cl)cccc2Cl)S(=O)(=O)c2ccc(C)cc2)cc1. The Kier molecular flexibility index (Phi) is 8.55. The average molecular weight is 520 g/mol. The molecule has 34 heavy (non-hydrogen) atoms. The fourth-order valence-corrected chi connectivity index (χ4v) is 4.91. The van der Waals surface area contributed by atoms with E-state index in [-0.39, 0.29) is 4.90 Å². The number of halogens is 2. The molecule has 0 spiro atoms. The van der Waals surface area contributed by atoms with Crippen molar-refractivity contribution in [3.05, 3.63) is 87.9 Å². The van der Waals surface area contributed by atoms with Gasteiger partial charge in [0.05, 0.1) is 33.4 Å². The molecule has 0 atom stereocenters. The zero-order valence-corrected chi connectivity index (χ0v) is 20.9. The lowest BCUT2D eigenvalue weighted by molar-refractivity contribution is -0.119. The Bertz CT molecular complexity index is 1260. The summed E-state index contributed by atoms with van der Waals surface area (Å²) in [5, 5.41) is 4.61. The number of carbonyl (C=O) groups is 1. The molecule has 0 fully saturated rings. The Morgan fingerprint density at radius 3 is 2.24 bits per heavy atom. The predicted octanol–water partition coefficient (Wildman–Crippen LogP) is 5.05. The van der Waals surface area contributed by atoms with Gasteiger partial charge < -0.3 is 4.74 Å². The first kappa shape index (κ1) is 25.6. The molecule has 0 unspecified atom stereocenters. The zero-order chi connectivity index (χ0) is 24.7. The number of nitrogens with one attached hydrogen (secondary N) is 1. The maximum Gasteiger partial charge on any atom is 0.264 e. The molecule has 3 aromatic rings. The van der Waals surface area contributed by atoms with Gasteiger partial charge in [0, 0.05) is 5.56 Å². The van der Waals surface area contributed by atoms with Crippen molar-refractivity contribution in [2.75, 3.05) is 17.5 Å². The summed E-state index contributed by atoms with van der Waals surface area (Å²) < 4.78 is 33.3. The molecule has 10 heteroatoms. The molecule has 3 aromatic carbocycles. The largest absolute Gasteiger partial charge is 0.494 e. The summed E-state index contributed by atoms with van der Waals surface area (Å²) in [6.45, 7) is 3.68. The number of carbonyl (C=O) groups excluding carboxylic acids is 1. The highest BCUT2D eigenvalue weighted by Crippen LogP contribution is 2.26. The Morgan fingerprint density at radius 1 is 1.03 bits per heavy atom. The molecule has 7 nitrogen and oxygen atoms in total. The third-order valence-corrected chi connectivity index (χ3v) is 7.16. The van der Waals surface area contributed by atoms with Crippen LogP contribution in [-0.4, -0.2) is 33.7 Å². The Labute approximate surface area is 209 Å². The van der Waals surface area contributed by atoms with Crippen molar-refractivity contribution < 1.29 is 17.9 Å². The monoisotopic (exact) mass is 519 g/mol. The number of aryl methyl sites for hydroxylation is 1. The smallest absolute Gasteiger partial charge is 0.264 e. The number of nitrogens with zero attached hydrogens (tertiary/aromatic N) is 2. The Balaban J connectivity index is 1.86. The van der Waals surface area contributed by atoms with Crippen LogP contribution in [-0.2, 0) is 14.8 Å². The molecule has 0 aromatic heterocycles. The van der Waals surface area contributed by atoms with Gasteiger partial charge >= 0.3 is 0 Å². The van der Waals surface area contributed by atoms with Gasteiger partial charge in [-0.1, -0.05) is 47.0 Å². The Morgan fingerprint density at radius 2 is 1.65 bits per heavy atom. The molecule has 3 rings (SSSR count). The molecule has 0 saturated heterocycles. The van der Waals surface area contributed by atoms with Crippen LogP contribution in [0.4, 0.5) is 5.69 Å². The van der Waals surface area contributed by atoms with Crippen molar-refractivity contribution in [2.24, 2.45) is 5.10 Å². The van der Waals surface area contributed by atoms with Crippen LogP contribution in [0.3, 0.4) is 0 Å². The van der Waals surface area contributed by atoms with Gasteiger partial charge in [0.15, 0.2) is 0 Å². The molecule has 1 N–H and O–H groups in total. The number of benzene rings is 3. The summed E-state index contributed by atoms with van der Waals surface area (Å²) in [7, 11) is -4.04. The van der Waals surface area contributed by atoms with E-state index in [1.807, 2.05) is 13.8 Å². The lowest BCUT2D eigenvalue weighted by Crippen LogP contribution is -2.39. The maximum atomic E-state index is 13.4. The summed E-state index contributed by atoms with van der Waals surface area (Å²) in [5.74, 6) is -0.0615. The maximum absolute atomic E-state index is 13.4. The van der Waals surface area contributed by atoms with E-state index in [1.54, 1.807) is 54.6 Å². The van der Waals surface area contributed by atoms with Crippen LogP contribution >= 0.6 is 23.2 Å². The quantitative estimate of drug-likeness (QED) is 0.316. The number of hydrazone groups is 1. The van der Waals surface area contributed by atoms with Crippen molar-refractivity contribution in [1.82, 2.24) is 5.43 Å². The molecular formula is C24H23Cl2N3O4S. The molecule has 0 aliphatic heterocycles. The van der Waals surface area contributed by atoms with Crippen molar-refractivity contribution >= 4 is 51.0 Å². The normalized spacial score (nSPS) is 11.4. The topological polar surface area (TPSA) is 88.1 Å². The van der Waals surface area contributed by atoms with Gasteiger partial charge in [-0.3, -0.25) is 9.10 Å². The van der Waals surface area contributed by atoms with Gasteiger partial charge in [0.1, 0.15) is 12.3 Å². The van der Waals surface area contributed by atoms with Crippen molar-refractivity contribution in [3.63, 3.8) is 0 Å². The van der Waals surface area contributed by atoms with Crippen LogP contribution < -0.4 is 14.5 Å². The molecule has 0 aliphatic rings. The number of sulfonamides is 1. The highest BCUT2D eigenvalue weighted by molar-refractivity contribution is 7.92. The van der Waals surface area contributed by atoms with Crippen molar-refractivity contribution in [3.8, 4) is 5.75 Å². The second-order valence-corrected chi connectivity index (χ2v) is 9.86. The second-order valence-electron chi connectivity index (χ2n) is 7.18. The van der Waals surface area contributed by atoms with Gasteiger partial charge in [-0.2, -0.15) is 5.10 Å². The number of anilines is 1. The van der Waals surface area contributed by atoms with Gasteiger partial charge in [0.25, 0.3) is 15.9 Å². The summed E-state index contributed by atoms with van der Waals surface area (Å²) in [4.78, 5) is 12.7. The van der Waals surface area contributed by atoms with Gasteiger partial charge in [-0.25, -0.2) is 13.8 Å². The number of amides is 1. The summed E-state index contributed by atoms with van der Waals surface area (Å²) in [6, 6.07) is 17.8. The molecular weight excluding hydrogens is 497 g/mol. The van der Waals surface area contributed by atoms with Crippen LogP contribution in [0.25, 0.3) is 0 Å². The minimum absolute atomic E-state index is 0.0612. The first-order chi connectivity index (χ1) is 16.2. The predicted molar refractivity (Wildman–Crippen MR) is 136 cm³/mol. The molecule has 0 bridgehead atoms. The molecule has 1 amide bonds. The zero-order valence-electron chi connectivity index (χ0n) is 18.5. The minimum Gasteiger partial charge on any atom is -0.494 e. The van der Waals surface area contributed by atoms with Crippen LogP contribution in [0, 0.1) is 6.92 Å². The average Bonchev–Trinajstić information content (AvgIpc) is 2.80. The van der Waals surface area contributed by atoms with E-state index in [1.165, 1.54) is 18.3 Å². The minimum atomic E-state index is -4.04. The highest BCUT2D eigenvalue weighted by atomic mass is 35.5. The van der Waals surface area contributed by atoms with Crippen LogP contribution in [0.15, 0.2) is 76.7 Å². The van der Waals surface area contributed by atoms with Gasteiger partial charge in [-0.15, -0.1) is 0 Å². The second kappa shape index (κ2) is 11.4. The summed E-state index contributed by atoms with van der Waals surface area (Å²) >= 11 is 12.2. The molecule has 0 saturated carbocycles. The molecule has 178 valence electrons. The van der Waals surface area contributed by atoms with E-state index in [2.05, 4.69) is 10.5 Å². The lowest BCUT2D eigenvalue weighted by Gasteiger charge is -2.24. The highest BCUT2D eigenvalue weighted by Gasteiger charge is 2.27. The first-order valence-electron chi connectivity index (χ1n) is 10.3. The van der Waals surface area contributed by atoms with Gasteiger partial charge in [0.2, 0.25) is 0 Å². The number of hydrogen-bond donors (Lipinski definition) is 1. The number of rotatable bonds is 9. The Hall–Kier alpha value is -3.07. The fraction of sp³-hybridized carbons (Fsp3) is 0.167. The van der Waals surface area contributed by atoms with Gasteiger partial charge in [-0.05, 0) is 62.4 Å². The third-order valence-electron chi connectivity index (χ3n) is 4.71. The van der Waals surface area contributed by atoms with Crippen LogP contribution in [0.1, 0.15) is 18.1 Å². The fourth-order valence-electron chi connectivity index (χ4n) is 3.00. The summed E-state index contributed by atoms with van der Waals surface area (Å²) in [6.07, 6.45) is 1.30. The molecule has 0 radical (unpaired) electrons. The van der Waals surface area contributed by atoms with E-state index >= 15 is 0 Å². The first-order valence-corrected chi connectivity index (χ1v) is 12.5. The van der Waals surface area contributed by atoms with E-state index in [4.69, 9.17) is 27.9 Å². The van der Waals surface area contributed by atoms with Crippen molar-refractivity contribution in [2.45, 2.75) is 18.7 Å². The van der Waals surface area contributed by atoms with E-state index in [9.17, 15) is 13.2 Å². The number of hydrogen-bond acceptors (Lipinski definition) is 5. The standard InChI is InChI=1S/C24H23Cl2N3O4S/c1-3-33-19-11-9-18(10-12-19)29(34(31,32)20-13-7-17(2)8-14-20)16-24(30)28-27-15-21-22(25)5-4-6-23(21)26/h4-15H,3,16H2,1-2H3,(H,28,30)/b27-15-. The van der Waals surface area contributed by atoms with Crippen LogP contribution in [0.5, 0.6) is 5.75 Å². The number of ether oxygens (including phenoxy) is 1. The van der Waals surface area contributed by atoms with E-state index in [0.717, 1.165) is 9.87 Å². The molecule has 0 aliphatic carbocycles. The third kappa shape index (κ3) is 6.28. The summed E-state index contributed by atoms with van der Waals surface area (Å²) in [5.41, 5.74) is 3.98.